The molecule has 0 amide bonds. The maximum absolute atomic E-state index is 12.1. The van der Waals surface area contributed by atoms with Gasteiger partial charge in [-0.2, -0.15) is 0 Å². The van der Waals surface area contributed by atoms with Gasteiger partial charge in [0.15, 0.2) is 0 Å². The number of benzene rings is 1. The highest BCUT2D eigenvalue weighted by Gasteiger charge is 2.26. The molecule has 0 saturated carbocycles. The minimum Gasteiger partial charge on any atom is -0.483 e. The summed E-state index contributed by atoms with van der Waals surface area (Å²) in [6.45, 7) is 2.48. The van der Waals surface area contributed by atoms with Crippen molar-refractivity contribution in [2.45, 2.75) is 31.1 Å². The summed E-state index contributed by atoms with van der Waals surface area (Å²) in [5.41, 5.74) is 1.90. The molecule has 0 aliphatic carbocycles. The molecule has 3 heterocycles. The number of aromatic nitrogens is 2. The lowest BCUT2D eigenvalue weighted by molar-refractivity contribution is -0.0791. The summed E-state index contributed by atoms with van der Waals surface area (Å²) in [6.07, 6.45) is 1.11. The Hall–Kier alpha value is -1.83. The molecule has 0 unspecified atom stereocenters. The summed E-state index contributed by atoms with van der Waals surface area (Å²) in [4.78, 5) is 16.7. The fourth-order valence-corrected chi connectivity index (χ4v) is 3.17. The molecule has 134 valence electrons. The summed E-state index contributed by atoms with van der Waals surface area (Å²) in [5, 5.41) is 0. The van der Waals surface area contributed by atoms with Gasteiger partial charge < -0.3 is 23.5 Å². The number of methoxy groups -OCH3 is 1. The van der Waals surface area contributed by atoms with Crippen molar-refractivity contribution in [1.82, 2.24) is 9.55 Å². The summed E-state index contributed by atoms with van der Waals surface area (Å²) in [6, 6.07) is 3.44. The SMILES string of the molecule is COC(=O)c1cc(OC2COC2)c2nc(CCl)n(C[C@@H]3CCO3)c2c1. The fraction of sp³-hybridized carbons (Fsp3) is 0.529. The topological polar surface area (TPSA) is 71.8 Å². The zero-order valence-corrected chi connectivity index (χ0v) is 14.6. The molecule has 2 fully saturated rings. The Morgan fingerprint density at radius 1 is 1.44 bits per heavy atom. The van der Waals surface area contributed by atoms with E-state index in [1.54, 1.807) is 12.1 Å². The first kappa shape index (κ1) is 16.6. The first-order valence-corrected chi connectivity index (χ1v) is 8.76. The Balaban J connectivity index is 1.81. The van der Waals surface area contributed by atoms with Gasteiger partial charge in [-0.15, -0.1) is 11.6 Å². The van der Waals surface area contributed by atoms with Crippen LogP contribution in [0.25, 0.3) is 11.0 Å². The normalized spacial score (nSPS) is 20.2. The number of hydrogen-bond donors (Lipinski definition) is 0. The van der Waals surface area contributed by atoms with Crippen LogP contribution in [0.2, 0.25) is 0 Å². The van der Waals surface area contributed by atoms with E-state index in [0.29, 0.717) is 36.6 Å². The summed E-state index contributed by atoms with van der Waals surface area (Å²) in [5.74, 6) is 1.12. The number of imidazole rings is 1. The lowest BCUT2D eigenvalue weighted by atomic mass is 10.1. The Labute approximate surface area is 149 Å². The second-order valence-corrected chi connectivity index (χ2v) is 6.43. The number of halogens is 1. The number of carbonyl (C=O) groups excluding carboxylic acids is 1. The molecule has 1 aromatic heterocycles. The highest BCUT2D eigenvalue weighted by Crippen LogP contribution is 2.32. The molecular weight excluding hydrogens is 348 g/mol. The second-order valence-electron chi connectivity index (χ2n) is 6.16. The molecule has 0 N–H and O–H groups in total. The molecule has 4 rings (SSSR count). The molecule has 2 saturated heterocycles. The van der Waals surface area contributed by atoms with E-state index < -0.39 is 5.97 Å². The number of nitrogens with zero attached hydrogens (tertiary/aromatic N) is 2. The Morgan fingerprint density at radius 3 is 2.80 bits per heavy atom. The molecule has 7 nitrogen and oxygen atoms in total. The van der Waals surface area contributed by atoms with Crippen molar-refractivity contribution in [1.29, 1.82) is 0 Å². The van der Waals surface area contributed by atoms with Gasteiger partial charge in [-0.05, 0) is 18.6 Å². The molecule has 1 aromatic carbocycles. The van der Waals surface area contributed by atoms with Crippen LogP contribution in [0.1, 0.15) is 22.6 Å². The van der Waals surface area contributed by atoms with E-state index in [-0.39, 0.29) is 18.1 Å². The quantitative estimate of drug-likeness (QED) is 0.576. The third-order valence-electron chi connectivity index (χ3n) is 4.52. The Morgan fingerprint density at radius 2 is 2.24 bits per heavy atom. The first-order valence-electron chi connectivity index (χ1n) is 8.23. The number of carbonyl (C=O) groups is 1. The van der Waals surface area contributed by atoms with Crippen molar-refractivity contribution in [3.05, 3.63) is 23.5 Å². The van der Waals surface area contributed by atoms with Gasteiger partial charge in [0.25, 0.3) is 0 Å². The average molecular weight is 367 g/mol. The van der Waals surface area contributed by atoms with Crippen molar-refractivity contribution >= 4 is 28.6 Å². The van der Waals surface area contributed by atoms with Gasteiger partial charge in [-0.3, -0.25) is 0 Å². The van der Waals surface area contributed by atoms with Crippen LogP contribution in [0, 0.1) is 0 Å². The lowest BCUT2D eigenvalue weighted by Crippen LogP contribution is -2.38. The highest BCUT2D eigenvalue weighted by molar-refractivity contribution is 6.17. The smallest absolute Gasteiger partial charge is 0.338 e. The van der Waals surface area contributed by atoms with Crippen LogP contribution in [0.3, 0.4) is 0 Å². The standard InChI is InChI=1S/C17H19ClN2O5/c1-22-17(21)10-4-13-16(14(5-10)25-12-8-23-9-12)19-15(6-18)20(13)7-11-2-3-24-11/h4-5,11-12H,2-3,6-9H2,1H3/t11-/m0/s1. The summed E-state index contributed by atoms with van der Waals surface area (Å²) >= 11 is 6.10. The van der Waals surface area contributed by atoms with Crippen LogP contribution >= 0.6 is 11.6 Å². The van der Waals surface area contributed by atoms with Crippen molar-refractivity contribution in [3.8, 4) is 5.75 Å². The number of rotatable bonds is 6. The molecular formula is C17H19ClN2O5. The van der Waals surface area contributed by atoms with Crippen molar-refractivity contribution < 1.29 is 23.7 Å². The number of alkyl halides is 1. The molecule has 1 atom stereocenters. The van der Waals surface area contributed by atoms with Gasteiger partial charge in [0.2, 0.25) is 0 Å². The highest BCUT2D eigenvalue weighted by atomic mass is 35.5. The largest absolute Gasteiger partial charge is 0.483 e. The molecule has 25 heavy (non-hydrogen) atoms. The zero-order valence-electron chi connectivity index (χ0n) is 13.9. The second kappa shape index (κ2) is 6.82. The maximum Gasteiger partial charge on any atom is 0.338 e. The van der Waals surface area contributed by atoms with Crippen LogP contribution in [-0.4, -0.2) is 54.7 Å². The zero-order chi connectivity index (χ0) is 17.4. The van der Waals surface area contributed by atoms with E-state index in [1.807, 2.05) is 4.57 Å². The summed E-state index contributed by atoms with van der Waals surface area (Å²) < 4.78 is 23.6. The molecule has 0 spiro atoms. The minimum atomic E-state index is -0.420. The van der Waals surface area contributed by atoms with Gasteiger partial charge in [-0.25, -0.2) is 9.78 Å². The number of hydrogen-bond acceptors (Lipinski definition) is 6. The van der Waals surface area contributed by atoms with Crippen LogP contribution in [0.4, 0.5) is 0 Å². The Bertz CT molecular complexity index is 798. The van der Waals surface area contributed by atoms with E-state index in [9.17, 15) is 4.79 Å². The molecule has 8 heteroatoms. The van der Waals surface area contributed by atoms with Crippen LogP contribution < -0.4 is 4.74 Å². The van der Waals surface area contributed by atoms with Crippen LogP contribution in [0.15, 0.2) is 12.1 Å². The number of esters is 1. The third kappa shape index (κ3) is 3.07. The maximum atomic E-state index is 12.1. The molecule has 0 radical (unpaired) electrons. The lowest BCUT2D eigenvalue weighted by Gasteiger charge is -2.28. The third-order valence-corrected chi connectivity index (χ3v) is 4.76. The monoisotopic (exact) mass is 366 g/mol. The van der Waals surface area contributed by atoms with Crippen molar-refractivity contribution in [2.24, 2.45) is 0 Å². The molecule has 0 bridgehead atoms. The predicted molar refractivity (Wildman–Crippen MR) is 90.2 cm³/mol. The number of ether oxygens (including phenoxy) is 4. The van der Waals surface area contributed by atoms with E-state index >= 15 is 0 Å². The number of fused-ring (bicyclic) bond motifs is 1. The van der Waals surface area contributed by atoms with E-state index in [4.69, 9.17) is 30.5 Å². The van der Waals surface area contributed by atoms with Gasteiger partial charge in [0.05, 0.1) is 49.9 Å². The van der Waals surface area contributed by atoms with E-state index in [2.05, 4.69) is 4.98 Å². The molecule has 2 aliphatic heterocycles. The van der Waals surface area contributed by atoms with Gasteiger partial charge in [-0.1, -0.05) is 0 Å². The van der Waals surface area contributed by atoms with Gasteiger partial charge in [0, 0.05) is 6.61 Å². The minimum absolute atomic E-state index is 0.0318. The Kier molecular flexibility index (Phi) is 4.54. The average Bonchev–Trinajstić information content (AvgIpc) is 2.91. The fourth-order valence-electron chi connectivity index (χ4n) is 2.96. The van der Waals surface area contributed by atoms with Crippen molar-refractivity contribution in [2.75, 3.05) is 26.9 Å². The molecule has 2 aliphatic rings. The van der Waals surface area contributed by atoms with Crippen molar-refractivity contribution in [3.63, 3.8) is 0 Å². The molecule has 2 aromatic rings. The van der Waals surface area contributed by atoms with Gasteiger partial charge >= 0.3 is 5.97 Å². The first-order chi connectivity index (χ1) is 12.2. The van der Waals surface area contributed by atoms with Crippen LogP contribution in [0.5, 0.6) is 5.75 Å². The van der Waals surface area contributed by atoms with Gasteiger partial charge in [0.1, 0.15) is 23.2 Å². The van der Waals surface area contributed by atoms with Crippen LogP contribution in [-0.2, 0) is 26.6 Å². The van der Waals surface area contributed by atoms with E-state index in [0.717, 1.165) is 24.4 Å². The predicted octanol–water partition coefficient (Wildman–Crippen LogP) is 2.13. The summed E-state index contributed by atoms with van der Waals surface area (Å²) in [7, 11) is 1.36. The van der Waals surface area contributed by atoms with E-state index in [1.165, 1.54) is 7.11 Å².